The van der Waals surface area contributed by atoms with E-state index in [1.54, 1.807) is 12.1 Å². The second kappa shape index (κ2) is 8.72. The topological polar surface area (TPSA) is 46.9 Å². The summed E-state index contributed by atoms with van der Waals surface area (Å²) in [5, 5.41) is 3.91. The monoisotopic (exact) mass is 399 g/mol. The molecule has 154 valence electrons. The van der Waals surface area contributed by atoms with Gasteiger partial charge in [0.05, 0.1) is 0 Å². The standard InChI is InChI=1S/C23H27F2N3O/c1-5-8-17(6-2)26-23(29)19-12-16(11-15-9-7-10-18(24)21(15)25)20-14(3)13-28(4)22(20)27-19/h7,9-10,12-13,17H,5-6,8,11H2,1-4H3,(H,26,29). The van der Waals surface area contributed by atoms with Gasteiger partial charge in [-0.25, -0.2) is 13.8 Å². The van der Waals surface area contributed by atoms with Crippen LogP contribution in [-0.2, 0) is 13.5 Å². The minimum absolute atomic E-state index is 0.0873. The quantitative estimate of drug-likeness (QED) is 0.604. The van der Waals surface area contributed by atoms with Crippen LogP contribution in [0.1, 0.15) is 60.3 Å². The molecular formula is C23H27F2N3O. The number of nitrogens with zero attached hydrogens (tertiary/aromatic N) is 2. The molecule has 1 atom stereocenters. The van der Waals surface area contributed by atoms with Gasteiger partial charge in [-0.3, -0.25) is 4.79 Å². The van der Waals surface area contributed by atoms with E-state index in [0.29, 0.717) is 11.3 Å². The highest BCUT2D eigenvalue weighted by atomic mass is 19.2. The minimum atomic E-state index is -0.874. The summed E-state index contributed by atoms with van der Waals surface area (Å²) in [5.41, 5.74) is 2.94. The Balaban J connectivity index is 2.06. The number of pyridine rings is 1. The molecule has 0 aliphatic carbocycles. The SMILES string of the molecule is CCCC(CC)NC(=O)c1cc(Cc2cccc(F)c2F)c2c(C)cn(C)c2n1. The van der Waals surface area contributed by atoms with Gasteiger partial charge in [-0.05, 0) is 48.6 Å². The van der Waals surface area contributed by atoms with Crippen LogP contribution in [0.4, 0.5) is 8.78 Å². The molecule has 0 aliphatic rings. The van der Waals surface area contributed by atoms with Crippen LogP contribution in [0.2, 0.25) is 0 Å². The first-order valence-electron chi connectivity index (χ1n) is 10.0. The lowest BCUT2D eigenvalue weighted by atomic mass is 9.99. The number of amides is 1. The molecule has 1 aromatic carbocycles. The van der Waals surface area contributed by atoms with Gasteiger partial charge in [0.1, 0.15) is 11.3 Å². The number of nitrogens with one attached hydrogen (secondary N) is 1. The maximum atomic E-state index is 14.3. The number of fused-ring (bicyclic) bond motifs is 1. The number of aryl methyl sites for hydroxylation is 2. The third-order valence-electron chi connectivity index (χ3n) is 5.31. The molecule has 0 aliphatic heterocycles. The van der Waals surface area contributed by atoms with Crippen molar-refractivity contribution in [1.29, 1.82) is 0 Å². The van der Waals surface area contributed by atoms with Gasteiger partial charge in [-0.2, -0.15) is 0 Å². The molecule has 3 rings (SSSR count). The maximum Gasteiger partial charge on any atom is 0.270 e. The number of halogens is 2. The number of aromatic nitrogens is 2. The maximum absolute atomic E-state index is 14.3. The Bertz CT molecular complexity index is 1040. The molecular weight excluding hydrogens is 372 g/mol. The fourth-order valence-electron chi connectivity index (χ4n) is 3.82. The molecule has 0 radical (unpaired) electrons. The zero-order valence-electron chi connectivity index (χ0n) is 17.4. The summed E-state index contributed by atoms with van der Waals surface area (Å²) in [7, 11) is 1.86. The largest absolute Gasteiger partial charge is 0.348 e. The summed E-state index contributed by atoms with van der Waals surface area (Å²) in [6.07, 6.45) is 4.82. The normalized spacial score (nSPS) is 12.3. The smallest absolute Gasteiger partial charge is 0.270 e. The lowest BCUT2D eigenvalue weighted by Crippen LogP contribution is -2.34. The van der Waals surface area contributed by atoms with E-state index in [0.717, 1.165) is 41.8 Å². The van der Waals surface area contributed by atoms with Crippen molar-refractivity contribution in [2.24, 2.45) is 7.05 Å². The van der Waals surface area contributed by atoms with Crippen molar-refractivity contribution < 1.29 is 13.6 Å². The van der Waals surface area contributed by atoms with E-state index in [1.807, 2.05) is 31.7 Å². The van der Waals surface area contributed by atoms with E-state index in [-0.39, 0.29) is 23.9 Å². The third-order valence-corrected chi connectivity index (χ3v) is 5.31. The first-order chi connectivity index (χ1) is 13.8. The van der Waals surface area contributed by atoms with E-state index in [9.17, 15) is 13.6 Å². The average Bonchev–Trinajstić information content (AvgIpc) is 2.99. The summed E-state index contributed by atoms with van der Waals surface area (Å²) >= 11 is 0. The van der Waals surface area contributed by atoms with Crippen LogP contribution in [0.25, 0.3) is 11.0 Å². The van der Waals surface area contributed by atoms with Crippen LogP contribution < -0.4 is 5.32 Å². The number of carbonyl (C=O) groups is 1. The molecule has 1 amide bonds. The van der Waals surface area contributed by atoms with Crippen molar-refractivity contribution in [3.8, 4) is 0 Å². The lowest BCUT2D eigenvalue weighted by Gasteiger charge is -2.16. The molecule has 1 unspecified atom stereocenters. The zero-order chi connectivity index (χ0) is 21.1. The summed E-state index contributed by atoms with van der Waals surface area (Å²) in [5.74, 6) is -1.97. The van der Waals surface area contributed by atoms with E-state index in [2.05, 4.69) is 17.2 Å². The third kappa shape index (κ3) is 4.31. The van der Waals surface area contributed by atoms with Crippen LogP contribution >= 0.6 is 0 Å². The number of rotatable bonds is 7. The molecule has 0 bridgehead atoms. The Morgan fingerprint density at radius 2 is 2.00 bits per heavy atom. The second-order valence-corrected chi connectivity index (χ2v) is 7.55. The van der Waals surface area contributed by atoms with E-state index >= 15 is 0 Å². The first kappa shape index (κ1) is 21.0. The van der Waals surface area contributed by atoms with Gasteiger partial charge in [0.2, 0.25) is 0 Å². The molecule has 3 aromatic rings. The van der Waals surface area contributed by atoms with Crippen molar-refractivity contribution >= 4 is 16.9 Å². The van der Waals surface area contributed by atoms with Gasteiger partial charge in [0, 0.05) is 31.1 Å². The first-order valence-corrected chi connectivity index (χ1v) is 10.0. The lowest BCUT2D eigenvalue weighted by molar-refractivity contribution is 0.0929. The van der Waals surface area contributed by atoms with Crippen LogP contribution in [0, 0.1) is 18.6 Å². The average molecular weight is 399 g/mol. The molecule has 6 heteroatoms. The fourth-order valence-corrected chi connectivity index (χ4v) is 3.82. The predicted molar refractivity (Wildman–Crippen MR) is 111 cm³/mol. The van der Waals surface area contributed by atoms with Crippen molar-refractivity contribution in [1.82, 2.24) is 14.9 Å². The molecule has 0 saturated heterocycles. The molecule has 0 saturated carbocycles. The molecule has 2 heterocycles. The van der Waals surface area contributed by atoms with Gasteiger partial charge in [-0.15, -0.1) is 0 Å². The Kier molecular flexibility index (Phi) is 6.30. The fraction of sp³-hybridized carbons (Fsp3) is 0.391. The molecule has 4 nitrogen and oxygen atoms in total. The Morgan fingerprint density at radius 1 is 1.24 bits per heavy atom. The Morgan fingerprint density at radius 3 is 2.69 bits per heavy atom. The van der Waals surface area contributed by atoms with Gasteiger partial charge < -0.3 is 9.88 Å². The number of benzene rings is 1. The van der Waals surface area contributed by atoms with Crippen molar-refractivity contribution in [2.75, 3.05) is 0 Å². The van der Waals surface area contributed by atoms with Gasteiger partial charge in [-0.1, -0.05) is 32.4 Å². The van der Waals surface area contributed by atoms with Crippen LogP contribution in [-0.4, -0.2) is 21.5 Å². The zero-order valence-corrected chi connectivity index (χ0v) is 17.4. The molecule has 0 spiro atoms. The molecule has 29 heavy (non-hydrogen) atoms. The summed E-state index contributed by atoms with van der Waals surface area (Å²) in [4.78, 5) is 17.4. The predicted octanol–water partition coefficient (Wildman–Crippen LogP) is 5.06. The van der Waals surface area contributed by atoms with E-state index in [1.165, 1.54) is 6.07 Å². The van der Waals surface area contributed by atoms with Crippen LogP contribution in [0.15, 0.2) is 30.5 Å². The van der Waals surface area contributed by atoms with Gasteiger partial charge in [0.15, 0.2) is 11.6 Å². The van der Waals surface area contributed by atoms with E-state index < -0.39 is 11.6 Å². The van der Waals surface area contributed by atoms with E-state index in [4.69, 9.17) is 0 Å². The van der Waals surface area contributed by atoms with Crippen LogP contribution in [0.3, 0.4) is 0 Å². The summed E-state index contributed by atoms with van der Waals surface area (Å²) in [6.45, 7) is 6.07. The highest BCUT2D eigenvalue weighted by Crippen LogP contribution is 2.27. The second-order valence-electron chi connectivity index (χ2n) is 7.55. The summed E-state index contributed by atoms with van der Waals surface area (Å²) < 4.78 is 29.8. The van der Waals surface area contributed by atoms with Crippen molar-refractivity contribution in [2.45, 2.75) is 52.5 Å². The Labute approximate surface area is 170 Å². The number of carbonyl (C=O) groups excluding carboxylic acids is 1. The van der Waals surface area contributed by atoms with Crippen molar-refractivity contribution in [3.63, 3.8) is 0 Å². The Hall–Kier alpha value is -2.76. The van der Waals surface area contributed by atoms with Gasteiger partial charge >= 0.3 is 0 Å². The number of hydrogen-bond donors (Lipinski definition) is 1. The highest BCUT2D eigenvalue weighted by Gasteiger charge is 2.19. The minimum Gasteiger partial charge on any atom is -0.348 e. The van der Waals surface area contributed by atoms with Crippen LogP contribution in [0.5, 0.6) is 0 Å². The number of hydrogen-bond acceptors (Lipinski definition) is 2. The van der Waals surface area contributed by atoms with Gasteiger partial charge in [0.25, 0.3) is 5.91 Å². The summed E-state index contributed by atoms with van der Waals surface area (Å²) in [6, 6.07) is 5.95. The highest BCUT2D eigenvalue weighted by molar-refractivity contribution is 5.96. The molecule has 0 fully saturated rings. The molecule has 1 N–H and O–H groups in total. The van der Waals surface area contributed by atoms with Crippen molar-refractivity contribution in [3.05, 3.63) is 64.5 Å². The molecule has 2 aromatic heterocycles.